The number of aryl methyl sites for hydroxylation is 2. The number of carbonyl (C=O) groups excluding carboxylic acids is 3. The topological polar surface area (TPSA) is 92.5 Å². The van der Waals surface area contributed by atoms with Gasteiger partial charge < -0.3 is 9.42 Å². The van der Waals surface area contributed by atoms with Crippen molar-refractivity contribution < 1.29 is 18.9 Å². The lowest BCUT2D eigenvalue weighted by Gasteiger charge is -2.31. The van der Waals surface area contributed by atoms with E-state index in [9.17, 15) is 14.4 Å². The highest BCUT2D eigenvalue weighted by Crippen LogP contribution is 2.16. The molecule has 0 saturated carbocycles. The van der Waals surface area contributed by atoms with Crippen LogP contribution in [0.1, 0.15) is 30.4 Å². The predicted molar refractivity (Wildman–Crippen MR) is 68.6 cm³/mol. The molecule has 2 heterocycles. The van der Waals surface area contributed by atoms with Crippen LogP contribution in [-0.4, -0.2) is 40.4 Å². The monoisotopic (exact) mass is 279 g/mol. The molecule has 1 N–H and O–H groups in total. The van der Waals surface area contributed by atoms with E-state index < -0.39 is 17.9 Å². The molecule has 108 valence electrons. The summed E-state index contributed by atoms with van der Waals surface area (Å²) in [5.41, 5.74) is 1.66. The number of rotatable bonds is 3. The number of hydrogen-bond donors (Lipinski definition) is 1. The highest BCUT2D eigenvalue weighted by atomic mass is 16.5. The Hall–Kier alpha value is -2.18. The summed E-state index contributed by atoms with van der Waals surface area (Å²) in [4.78, 5) is 36.3. The molecule has 7 heteroatoms. The lowest BCUT2D eigenvalue weighted by molar-refractivity contribution is -0.149. The number of nitrogens with one attached hydrogen (secondary N) is 1. The maximum Gasteiger partial charge on any atom is 0.249 e. The fraction of sp³-hybridized carbons (Fsp3) is 0.538. The third kappa shape index (κ3) is 2.71. The fourth-order valence-electron chi connectivity index (χ4n) is 2.25. The van der Waals surface area contributed by atoms with E-state index in [2.05, 4.69) is 10.5 Å². The van der Waals surface area contributed by atoms with E-state index in [-0.39, 0.29) is 18.9 Å². The molecule has 2 rings (SSSR count). The Labute approximate surface area is 116 Å². The molecule has 1 aromatic rings. The van der Waals surface area contributed by atoms with Gasteiger partial charge in [-0.05, 0) is 27.2 Å². The zero-order chi connectivity index (χ0) is 14.9. The van der Waals surface area contributed by atoms with Crippen molar-refractivity contribution in [3.05, 3.63) is 17.0 Å². The van der Waals surface area contributed by atoms with Gasteiger partial charge in [0.15, 0.2) is 0 Å². The summed E-state index contributed by atoms with van der Waals surface area (Å²) in [7, 11) is 0. The number of amides is 3. The third-order valence-electron chi connectivity index (χ3n) is 3.51. The zero-order valence-electron chi connectivity index (χ0n) is 11.7. The maximum absolute atomic E-state index is 12.2. The first-order chi connectivity index (χ1) is 9.40. The predicted octanol–water partition coefficient (Wildman–Crippen LogP) is 0.0975. The minimum absolute atomic E-state index is 0.0761. The SMILES string of the molecule is Cc1noc(C)c1CCC(=O)N1CC(=O)NC(=O)C1C. The van der Waals surface area contributed by atoms with Crippen LogP contribution in [0.3, 0.4) is 0 Å². The van der Waals surface area contributed by atoms with Gasteiger partial charge in [-0.2, -0.15) is 0 Å². The van der Waals surface area contributed by atoms with Crippen LogP contribution < -0.4 is 5.32 Å². The molecular weight excluding hydrogens is 262 g/mol. The van der Waals surface area contributed by atoms with E-state index in [0.717, 1.165) is 11.3 Å². The minimum atomic E-state index is -0.620. The molecule has 0 aliphatic carbocycles. The Balaban J connectivity index is 2.01. The Morgan fingerprint density at radius 2 is 2.15 bits per heavy atom. The van der Waals surface area contributed by atoms with Crippen LogP contribution in [0.4, 0.5) is 0 Å². The van der Waals surface area contributed by atoms with Crippen LogP contribution in [-0.2, 0) is 20.8 Å². The van der Waals surface area contributed by atoms with E-state index in [1.54, 1.807) is 13.8 Å². The van der Waals surface area contributed by atoms with Crippen LogP contribution in [0.5, 0.6) is 0 Å². The number of nitrogens with zero attached hydrogens (tertiary/aromatic N) is 2. The first-order valence-electron chi connectivity index (χ1n) is 6.45. The number of carbonyl (C=O) groups is 3. The Bertz CT molecular complexity index is 544. The molecule has 1 saturated heterocycles. The largest absolute Gasteiger partial charge is 0.361 e. The average Bonchev–Trinajstić information content (AvgIpc) is 2.70. The van der Waals surface area contributed by atoms with Crippen molar-refractivity contribution in [1.29, 1.82) is 0 Å². The minimum Gasteiger partial charge on any atom is -0.361 e. The molecular formula is C13H17N3O4. The molecule has 0 radical (unpaired) electrons. The normalized spacial score (nSPS) is 19.1. The van der Waals surface area contributed by atoms with E-state index in [1.807, 2.05) is 6.92 Å². The number of aromatic nitrogens is 1. The quantitative estimate of drug-likeness (QED) is 0.792. The van der Waals surface area contributed by atoms with Crippen LogP contribution in [0.15, 0.2) is 4.52 Å². The van der Waals surface area contributed by atoms with Crippen molar-refractivity contribution >= 4 is 17.7 Å². The summed E-state index contributed by atoms with van der Waals surface area (Å²) < 4.78 is 5.04. The lowest BCUT2D eigenvalue weighted by Crippen LogP contribution is -2.58. The van der Waals surface area contributed by atoms with Crippen molar-refractivity contribution in [2.24, 2.45) is 0 Å². The Morgan fingerprint density at radius 1 is 1.45 bits per heavy atom. The van der Waals surface area contributed by atoms with Gasteiger partial charge in [0.05, 0.1) is 5.69 Å². The van der Waals surface area contributed by atoms with E-state index in [1.165, 1.54) is 4.90 Å². The van der Waals surface area contributed by atoms with E-state index >= 15 is 0 Å². The number of imide groups is 1. The number of piperazine rings is 1. The highest BCUT2D eigenvalue weighted by Gasteiger charge is 2.33. The van der Waals surface area contributed by atoms with Crippen LogP contribution in [0.2, 0.25) is 0 Å². The molecule has 0 aromatic carbocycles. The molecule has 3 amide bonds. The maximum atomic E-state index is 12.2. The Morgan fingerprint density at radius 3 is 2.75 bits per heavy atom. The molecule has 1 fully saturated rings. The second-order valence-corrected chi connectivity index (χ2v) is 4.91. The summed E-state index contributed by atoms with van der Waals surface area (Å²) >= 11 is 0. The van der Waals surface area contributed by atoms with Gasteiger partial charge in [-0.3, -0.25) is 19.7 Å². The Kier molecular flexibility index (Phi) is 3.87. The smallest absolute Gasteiger partial charge is 0.249 e. The summed E-state index contributed by atoms with van der Waals surface area (Å²) in [5, 5.41) is 6.03. The van der Waals surface area contributed by atoms with Gasteiger partial charge in [0, 0.05) is 12.0 Å². The van der Waals surface area contributed by atoms with Gasteiger partial charge >= 0.3 is 0 Å². The molecule has 1 aromatic heterocycles. The van der Waals surface area contributed by atoms with Gasteiger partial charge in [0.2, 0.25) is 17.7 Å². The second-order valence-electron chi connectivity index (χ2n) is 4.91. The first-order valence-corrected chi connectivity index (χ1v) is 6.45. The second kappa shape index (κ2) is 5.44. The zero-order valence-corrected chi connectivity index (χ0v) is 11.7. The van der Waals surface area contributed by atoms with Crippen LogP contribution >= 0.6 is 0 Å². The molecule has 1 atom stereocenters. The molecule has 20 heavy (non-hydrogen) atoms. The first kappa shape index (κ1) is 14.2. The van der Waals surface area contributed by atoms with Gasteiger partial charge in [-0.25, -0.2) is 0 Å². The summed E-state index contributed by atoms with van der Waals surface area (Å²) in [5.74, 6) is -0.415. The van der Waals surface area contributed by atoms with Gasteiger partial charge in [0.1, 0.15) is 18.3 Å². The van der Waals surface area contributed by atoms with Gasteiger partial charge in [0.25, 0.3) is 0 Å². The van der Waals surface area contributed by atoms with Crippen molar-refractivity contribution in [3.8, 4) is 0 Å². The van der Waals surface area contributed by atoms with Crippen LogP contribution in [0, 0.1) is 13.8 Å². The molecule has 1 aliphatic heterocycles. The van der Waals surface area contributed by atoms with Crippen molar-refractivity contribution in [2.45, 2.75) is 39.7 Å². The molecule has 1 aliphatic rings. The van der Waals surface area contributed by atoms with Crippen LogP contribution in [0.25, 0.3) is 0 Å². The van der Waals surface area contributed by atoms with E-state index in [4.69, 9.17) is 4.52 Å². The van der Waals surface area contributed by atoms with Crippen molar-refractivity contribution in [1.82, 2.24) is 15.4 Å². The third-order valence-corrected chi connectivity index (χ3v) is 3.51. The molecule has 0 bridgehead atoms. The average molecular weight is 279 g/mol. The van der Waals surface area contributed by atoms with Crippen molar-refractivity contribution in [2.75, 3.05) is 6.54 Å². The highest BCUT2D eigenvalue weighted by molar-refractivity contribution is 6.04. The molecule has 0 spiro atoms. The summed E-state index contributed by atoms with van der Waals surface area (Å²) in [6, 6.07) is -0.620. The standard InChI is InChI=1S/C13H17N3O4/c1-7-10(9(3)20-15-7)4-5-12(18)16-6-11(17)14-13(19)8(16)2/h8H,4-6H2,1-3H3,(H,14,17,19). The molecule has 1 unspecified atom stereocenters. The van der Waals surface area contributed by atoms with Gasteiger partial charge in [-0.1, -0.05) is 5.16 Å². The molecule has 7 nitrogen and oxygen atoms in total. The summed E-state index contributed by atoms with van der Waals surface area (Å²) in [6.07, 6.45) is 0.701. The lowest BCUT2D eigenvalue weighted by atomic mass is 10.1. The fourth-order valence-corrected chi connectivity index (χ4v) is 2.25. The van der Waals surface area contributed by atoms with Crippen molar-refractivity contribution in [3.63, 3.8) is 0 Å². The van der Waals surface area contributed by atoms with E-state index in [0.29, 0.717) is 12.2 Å². The summed E-state index contributed by atoms with van der Waals surface area (Å²) in [6.45, 7) is 5.14. The number of hydrogen-bond acceptors (Lipinski definition) is 5. The van der Waals surface area contributed by atoms with Gasteiger partial charge in [-0.15, -0.1) is 0 Å².